The molecule has 2 heterocycles. The van der Waals surface area contributed by atoms with Gasteiger partial charge >= 0.3 is 5.69 Å². The van der Waals surface area contributed by atoms with E-state index in [0.717, 1.165) is 10.8 Å². The van der Waals surface area contributed by atoms with E-state index in [4.69, 9.17) is 9.84 Å². The largest absolute Gasteiger partial charge is 0.394 e. The average molecular weight is 323 g/mol. The van der Waals surface area contributed by atoms with Crippen molar-refractivity contribution in [3.63, 3.8) is 0 Å². The van der Waals surface area contributed by atoms with Gasteiger partial charge in [-0.2, -0.15) is 0 Å². The van der Waals surface area contributed by atoms with Crippen LogP contribution in [0.3, 0.4) is 0 Å². The van der Waals surface area contributed by atoms with Crippen molar-refractivity contribution in [3.05, 3.63) is 31.5 Å². The van der Waals surface area contributed by atoms with Crippen LogP contribution in [-0.2, 0) is 4.74 Å². The van der Waals surface area contributed by atoms with Crippen LogP contribution in [0, 0.1) is 0 Å². The monoisotopic (exact) mass is 322 g/mol. The maximum atomic E-state index is 11.6. The van der Waals surface area contributed by atoms with E-state index in [1.54, 1.807) is 0 Å². The maximum Gasteiger partial charge on any atom is 0.330 e. The maximum absolute atomic E-state index is 11.6. The second kappa shape index (κ2) is 4.94. The van der Waals surface area contributed by atoms with E-state index in [1.807, 2.05) is 4.98 Å². The molecule has 0 aromatic carbocycles. The standard InChI is InChI=1S/C9H11BrN2O6/c10-3-1-12(9(17)11-7(3)16)8-6(15)5(14)4(2-13)18-8/h1,4-6,8,13-15H,2H2,(H,11,16,17)/t4-,5-,6+,8-/m1/s1. The minimum atomic E-state index is -1.38. The topological polar surface area (TPSA) is 125 Å². The normalized spacial score (nSPS) is 31.8. The minimum absolute atomic E-state index is 0.0832. The fourth-order valence-corrected chi connectivity index (χ4v) is 2.08. The number of nitrogens with zero attached hydrogens (tertiary/aromatic N) is 1. The van der Waals surface area contributed by atoms with Gasteiger partial charge in [0.05, 0.1) is 11.1 Å². The average Bonchev–Trinajstić information content (AvgIpc) is 2.61. The Bertz CT molecular complexity index is 555. The van der Waals surface area contributed by atoms with Crippen molar-refractivity contribution in [2.75, 3.05) is 6.61 Å². The molecule has 1 aliphatic rings. The van der Waals surface area contributed by atoms with Gasteiger partial charge < -0.3 is 20.1 Å². The van der Waals surface area contributed by atoms with Gasteiger partial charge in [0.15, 0.2) is 6.23 Å². The van der Waals surface area contributed by atoms with Gasteiger partial charge in [-0.15, -0.1) is 0 Å². The molecule has 1 aromatic rings. The van der Waals surface area contributed by atoms with E-state index in [1.165, 1.54) is 0 Å². The Hall–Kier alpha value is -1.00. The summed E-state index contributed by atoms with van der Waals surface area (Å²) >= 11 is 2.94. The third-order valence-electron chi connectivity index (χ3n) is 2.72. The van der Waals surface area contributed by atoms with E-state index < -0.39 is 42.4 Å². The summed E-state index contributed by atoms with van der Waals surface area (Å²) in [5, 5.41) is 28.3. The molecular formula is C9H11BrN2O6. The lowest BCUT2D eigenvalue weighted by Gasteiger charge is -2.17. The van der Waals surface area contributed by atoms with Crippen LogP contribution in [0.25, 0.3) is 0 Å². The Morgan fingerprint density at radius 3 is 2.61 bits per heavy atom. The lowest BCUT2D eigenvalue weighted by atomic mass is 10.1. The van der Waals surface area contributed by atoms with Gasteiger partial charge in [0, 0.05) is 6.20 Å². The van der Waals surface area contributed by atoms with Gasteiger partial charge in [-0.25, -0.2) is 4.79 Å². The van der Waals surface area contributed by atoms with E-state index in [9.17, 15) is 19.8 Å². The number of hydrogen-bond donors (Lipinski definition) is 4. The van der Waals surface area contributed by atoms with Crippen molar-refractivity contribution >= 4 is 15.9 Å². The molecule has 18 heavy (non-hydrogen) atoms. The van der Waals surface area contributed by atoms with Crippen molar-refractivity contribution < 1.29 is 20.1 Å². The summed E-state index contributed by atoms with van der Waals surface area (Å²) in [4.78, 5) is 24.8. The lowest BCUT2D eigenvalue weighted by molar-refractivity contribution is -0.0551. The number of aliphatic hydroxyl groups excluding tert-OH is 3. The molecule has 8 nitrogen and oxygen atoms in total. The molecule has 0 radical (unpaired) electrons. The molecule has 0 unspecified atom stereocenters. The van der Waals surface area contributed by atoms with Gasteiger partial charge in [-0.1, -0.05) is 0 Å². The molecule has 1 aliphatic heterocycles. The van der Waals surface area contributed by atoms with E-state index >= 15 is 0 Å². The third kappa shape index (κ3) is 2.15. The lowest BCUT2D eigenvalue weighted by Crippen LogP contribution is -2.38. The van der Waals surface area contributed by atoms with Crippen LogP contribution in [0.2, 0.25) is 0 Å². The van der Waals surface area contributed by atoms with Crippen LogP contribution in [0.4, 0.5) is 0 Å². The molecule has 0 aliphatic carbocycles. The first kappa shape index (κ1) is 13.4. The van der Waals surface area contributed by atoms with Crippen LogP contribution in [0.15, 0.2) is 20.3 Å². The Morgan fingerprint density at radius 2 is 2.06 bits per heavy atom. The highest BCUT2D eigenvalue weighted by Gasteiger charge is 2.43. The SMILES string of the molecule is O=c1[nH]c(=O)n([C@@H]2O[C@H](CO)[C@@H](O)[C@@H]2O)cc1Br. The van der Waals surface area contributed by atoms with Crippen LogP contribution in [-0.4, -0.2) is 49.8 Å². The highest BCUT2D eigenvalue weighted by atomic mass is 79.9. The first-order valence-corrected chi connectivity index (χ1v) is 5.88. The van der Waals surface area contributed by atoms with Gasteiger partial charge in [0.1, 0.15) is 18.3 Å². The molecular weight excluding hydrogens is 312 g/mol. The van der Waals surface area contributed by atoms with Crippen LogP contribution >= 0.6 is 15.9 Å². The molecule has 4 atom stereocenters. The number of halogens is 1. The highest BCUT2D eigenvalue weighted by molar-refractivity contribution is 9.10. The van der Waals surface area contributed by atoms with E-state index in [2.05, 4.69) is 15.9 Å². The number of H-pyrrole nitrogens is 1. The number of rotatable bonds is 2. The first-order chi connectivity index (χ1) is 8.45. The zero-order chi connectivity index (χ0) is 13.4. The summed E-state index contributed by atoms with van der Waals surface area (Å²) < 4.78 is 6.19. The Kier molecular flexibility index (Phi) is 3.69. The Labute approximate surface area is 109 Å². The first-order valence-electron chi connectivity index (χ1n) is 5.09. The minimum Gasteiger partial charge on any atom is -0.394 e. The van der Waals surface area contributed by atoms with Gasteiger partial charge in [-0.3, -0.25) is 14.3 Å². The van der Waals surface area contributed by atoms with E-state index in [0.29, 0.717) is 0 Å². The zero-order valence-corrected chi connectivity index (χ0v) is 10.6. The molecule has 0 bridgehead atoms. The van der Waals surface area contributed by atoms with Gasteiger partial charge in [0.25, 0.3) is 5.56 Å². The fourth-order valence-electron chi connectivity index (χ4n) is 1.76. The second-order valence-corrected chi connectivity index (χ2v) is 4.73. The smallest absolute Gasteiger partial charge is 0.330 e. The second-order valence-electron chi connectivity index (χ2n) is 3.87. The molecule has 2 rings (SSSR count). The number of ether oxygens (including phenoxy) is 1. The van der Waals surface area contributed by atoms with Crippen LogP contribution < -0.4 is 11.2 Å². The quantitative estimate of drug-likeness (QED) is 0.495. The Balaban J connectivity index is 2.42. The number of nitrogens with one attached hydrogen (secondary N) is 1. The van der Waals surface area contributed by atoms with Crippen LogP contribution in [0.5, 0.6) is 0 Å². The number of aromatic amines is 1. The summed E-state index contributed by atoms with van der Waals surface area (Å²) in [5.41, 5.74) is -1.39. The molecule has 1 aromatic heterocycles. The summed E-state index contributed by atoms with van der Waals surface area (Å²) in [6, 6.07) is 0. The van der Waals surface area contributed by atoms with Crippen LogP contribution in [0.1, 0.15) is 6.23 Å². The predicted octanol–water partition coefficient (Wildman–Crippen LogP) is -2.09. The summed E-state index contributed by atoms with van der Waals surface area (Å²) in [5.74, 6) is 0. The molecule has 0 amide bonds. The molecule has 9 heteroatoms. The Morgan fingerprint density at radius 1 is 1.39 bits per heavy atom. The summed E-state index contributed by atoms with van der Waals surface area (Å²) in [6.07, 6.45) is -3.68. The van der Waals surface area contributed by atoms with Gasteiger partial charge in [0.2, 0.25) is 0 Å². The molecule has 0 saturated carbocycles. The molecule has 1 saturated heterocycles. The van der Waals surface area contributed by atoms with Crippen molar-refractivity contribution in [3.8, 4) is 0 Å². The number of hydrogen-bond acceptors (Lipinski definition) is 6. The fraction of sp³-hybridized carbons (Fsp3) is 0.556. The summed E-state index contributed by atoms with van der Waals surface area (Å²) in [6.45, 7) is -0.492. The number of aliphatic hydroxyl groups is 3. The van der Waals surface area contributed by atoms with Crippen molar-refractivity contribution in [1.29, 1.82) is 0 Å². The molecule has 1 fully saturated rings. The molecule has 100 valence electrons. The molecule has 4 N–H and O–H groups in total. The van der Waals surface area contributed by atoms with Crippen molar-refractivity contribution in [1.82, 2.24) is 9.55 Å². The highest BCUT2D eigenvalue weighted by Crippen LogP contribution is 2.28. The zero-order valence-electron chi connectivity index (χ0n) is 8.99. The number of aromatic nitrogens is 2. The van der Waals surface area contributed by atoms with Crippen molar-refractivity contribution in [2.45, 2.75) is 24.5 Å². The van der Waals surface area contributed by atoms with Crippen molar-refractivity contribution in [2.24, 2.45) is 0 Å². The molecule has 0 spiro atoms. The predicted molar refractivity (Wildman–Crippen MR) is 62.0 cm³/mol. The summed E-state index contributed by atoms with van der Waals surface area (Å²) in [7, 11) is 0. The third-order valence-corrected chi connectivity index (χ3v) is 3.28. The van der Waals surface area contributed by atoms with Gasteiger partial charge in [-0.05, 0) is 15.9 Å². The van der Waals surface area contributed by atoms with E-state index in [-0.39, 0.29) is 4.47 Å².